The molecule has 0 saturated carbocycles. The maximum absolute atomic E-state index is 11.5. The predicted molar refractivity (Wildman–Crippen MR) is 59.4 cm³/mol. The summed E-state index contributed by atoms with van der Waals surface area (Å²) in [5.74, 6) is 0.324. The van der Waals surface area contributed by atoms with Crippen molar-refractivity contribution in [1.29, 1.82) is 0 Å². The lowest BCUT2D eigenvalue weighted by molar-refractivity contribution is -0.119. The van der Waals surface area contributed by atoms with Crippen molar-refractivity contribution in [3.05, 3.63) is 18.0 Å². The summed E-state index contributed by atoms with van der Waals surface area (Å²) in [5.41, 5.74) is 6.48. The van der Waals surface area contributed by atoms with Crippen molar-refractivity contribution in [2.45, 2.75) is 32.1 Å². The van der Waals surface area contributed by atoms with Gasteiger partial charge in [0, 0.05) is 31.8 Å². The summed E-state index contributed by atoms with van der Waals surface area (Å²) in [4.78, 5) is 11.5. The first-order chi connectivity index (χ1) is 7.24. The maximum Gasteiger partial charge on any atom is 0.133 e. The minimum Gasteiger partial charge on any atom is -0.330 e. The molecule has 0 fully saturated rings. The first kappa shape index (κ1) is 11.9. The SMILES string of the molecule is Cn1nccc1CCC(=O)CCCCN. The number of carbonyl (C=O) groups excluding carboxylic acids is 1. The highest BCUT2D eigenvalue weighted by Gasteiger charge is 2.04. The van der Waals surface area contributed by atoms with E-state index in [-0.39, 0.29) is 0 Å². The lowest BCUT2D eigenvalue weighted by Crippen LogP contribution is -2.05. The topological polar surface area (TPSA) is 60.9 Å². The van der Waals surface area contributed by atoms with Gasteiger partial charge < -0.3 is 5.73 Å². The van der Waals surface area contributed by atoms with Crippen molar-refractivity contribution >= 4 is 5.78 Å². The van der Waals surface area contributed by atoms with E-state index in [4.69, 9.17) is 5.73 Å². The number of nitrogens with two attached hydrogens (primary N) is 1. The molecule has 0 saturated heterocycles. The molecule has 0 aliphatic rings. The Balaban J connectivity index is 2.20. The van der Waals surface area contributed by atoms with E-state index in [0.29, 0.717) is 25.2 Å². The van der Waals surface area contributed by atoms with Crippen molar-refractivity contribution in [3.8, 4) is 0 Å². The summed E-state index contributed by atoms with van der Waals surface area (Å²) in [5, 5.41) is 4.06. The van der Waals surface area contributed by atoms with E-state index >= 15 is 0 Å². The van der Waals surface area contributed by atoms with Gasteiger partial charge in [0.1, 0.15) is 5.78 Å². The van der Waals surface area contributed by atoms with Gasteiger partial charge in [0.15, 0.2) is 0 Å². The van der Waals surface area contributed by atoms with Gasteiger partial charge in [0.05, 0.1) is 0 Å². The molecule has 15 heavy (non-hydrogen) atoms. The number of unbranched alkanes of at least 4 members (excludes halogenated alkanes) is 1. The number of carbonyl (C=O) groups is 1. The van der Waals surface area contributed by atoms with Gasteiger partial charge >= 0.3 is 0 Å². The summed E-state index contributed by atoms with van der Waals surface area (Å²) in [7, 11) is 1.90. The van der Waals surface area contributed by atoms with Gasteiger partial charge in [0.25, 0.3) is 0 Å². The fourth-order valence-corrected chi connectivity index (χ4v) is 1.51. The largest absolute Gasteiger partial charge is 0.330 e. The molecular formula is C11H19N3O. The van der Waals surface area contributed by atoms with Crippen LogP contribution in [0.4, 0.5) is 0 Å². The third-order valence-corrected chi connectivity index (χ3v) is 2.49. The third kappa shape index (κ3) is 4.25. The van der Waals surface area contributed by atoms with Gasteiger partial charge in [0.2, 0.25) is 0 Å². The van der Waals surface area contributed by atoms with Crippen LogP contribution in [0.2, 0.25) is 0 Å². The van der Waals surface area contributed by atoms with Crippen LogP contribution >= 0.6 is 0 Å². The molecule has 0 radical (unpaired) electrons. The predicted octanol–water partition coefficient (Wildman–Crippen LogP) is 1.05. The van der Waals surface area contributed by atoms with Crippen molar-refractivity contribution in [2.75, 3.05) is 6.54 Å². The monoisotopic (exact) mass is 209 g/mol. The second-order valence-corrected chi connectivity index (χ2v) is 3.73. The number of hydrogen-bond acceptors (Lipinski definition) is 3. The van der Waals surface area contributed by atoms with Gasteiger partial charge in [-0.25, -0.2) is 0 Å². The molecule has 0 unspecified atom stereocenters. The van der Waals surface area contributed by atoms with Gasteiger partial charge in [-0.2, -0.15) is 5.10 Å². The summed E-state index contributed by atoms with van der Waals surface area (Å²) >= 11 is 0. The molecule has 1 aromatic rings. The maximum atomic E-state index is 11.5. The minimum atomic E-state index is 0.324. The molecule has 0 amide bonds. The number of aryl methyl sites for hydroxylation is 2. The number of aromatic nitrogens is 2. The number of nitrogens with zero attached hydrogens (tertiary/aromatic N) is 2. The number of rotatable bonds is 7. The molecule has 0 aromatic carbocycles. The smallest absolute Gasteiger partial charge is 0.133 e. The fourth-order valence-electron chi connectivity index (χ4n) is 1.51. The van der Waals surface area contributed by atoms with Crippen LogP contribution in [0.15, 0.2) is 12.3 Å². The van der Waals surface area contributed by atoms with Crippen LogP contribution in [0.3, 0.4) is 0 Å². The Morgan fingerprint density at radius 2 is 2.27 bits per heavy atom. The molecule has 0 atom stereocenters. The lowest BCUT2D eigenvalue weighted by Gasteiger charge is -2.01. The molecule has 0 aliphatic carbocycles. The molecule has 0 spiro atoms. The van der Waals surface area contributed by atoms with Crippen LogP contribution in [0.25, 0.3) is 0 Å². The first-order valence-corrected chi connectivity index (χ1v) is 5.42. The first-order valence-electron chi connectivity index (χ1n) is 5.42. The van der Waals surface area contributed by atoms with E-state index in [2.05, 4.69) is 5.10 Å². The summed E-state index contributed by atoms with van der Waals surface area (Å²) < 4.78 is 1.81. The van der Waals surface area contributed by atoms with Crippen LogP contribution in [0, 0.1) is 0 Å². The Morgan fingerprint density at radius 3 is 2.87 bits per heavy atom. The average molecular weight is 209 g/mol. The average Bonchev–Trinajstić information content (AvgIpc) is 2.61. The third-order valence-electron chi connectivity index (χ3n) is 2.49. The highest BCUT2D eigenvalue weighted by Crippen LogP contribution is 2.04. The standard InChI is InChI=1S/C11H19N3O/c1-14-10(7-9-13-14)5-6-11(15)4-2-3-8-12/h7,9H,2-6,8,12H2,1H3. The van der Waals surface area contributed by atoms with Crippen molar-refractivity contribution in [2.24, 2.45) is 12.8 Å². The Hall–Kier alpha value is -1.16. The highest BCUT2D eigenvalue weighted by atomic mass is 16.1. The summed E-state index contributed by atoms with van der Waals surface area (Å²) in [6.45, 7) is 0.676. The van der Waals surface area contributed by atoms with Crippen LogP contribution in [0.1, 0.15) is 31.4 Å². The second-order valence-electron chi connectivity index (χ2n) is 3.73. The van der Waals surface area contributed by atoms with E-state index in [0.717, 1.165) is 25.0 Å². The van der Waals surface area contributed by atoms with Gasteiger partial charge in [-0.05, 0) is 31.9 Å². The molecule has 0 bridgehead atoms. The molecule has 2 N–H and O–H groups in total. The molecule has 1 aromatic heterocycles. The number of hydrogen-bond donors (Lipinski definition) is 1. The van der Waals surface area contributed by atoms with Crippen molar-refractivity contribution in [1.82, 2.24) is 9.78 Å². The van der Waals surface area contributed by atoms with Gasteiger partial charge in [-0.3, -0.25) is 9.48 Å². The van der Waals surface area contributed by atoms with E-state index in [1.807, 2.05) is 17.8 Å². The highest BCUT2D eigenvalue weighted by molar-refractivity contribution is 5.78. The van der Waals surface area contributed by atoms with Gasteiger partial charge in [-0.1, -0.05) is 0 Å². The zero-order valence-corrected chi connectivity index (χ0v) is 9.28. The molecule has 0 aliphatic heterocycles. The number of Topliss-reactive ketones (excluding diaryl/α,β-unsaturated/α-hetero) is 1. The Labute approximate surface area is 90.5 Å². The second kappa shape index (κ2) is 6.35. The Bertz CT molecular complexity index is 307. The van der Waals surface area contributed by atoms with Crippen LogP contribution in [-0.4, -0.2) is 22.1 Å². The minimum absolute atomic E-state index is 0.324. The van der Waals surface area contributed by atoms with Crippen molar-refractivity contribution in [3.63, 3.8) is 0 Å². The zero-order valence-electron chi connectivity index (χ0n) is 9.28. The van der Waals surface area contributed by atoms with E-state index in [1.165, 1.54) is 0 Å². The van der Waals surface area contributed by atoms with Gasteiger partial charge in [-0.15, -0.1) is 0 Å². The normalized spacial score (nSPS) is 10.5. The summed E-state index contributed by atoms with van der Waals surface area (Å²) in [6.07, 6.45) is 5.68. The van der Waals surface area contributed by atoms with E-state index in [1.54, 1.807) is 6.20 Å². The summed E-state index contributed by atoms with van der Waals surface area (Å²) in [6, 6.07) is 1.95. The molecular weight excluding hydrogens is 190 g/mol. The molecule has 1 heterocycles. The quantitative estimate of drug-likeness (QED) is 0.683. The Kier molecular flexibility index (Phi) is 5.04. The van der Waals surface area contributed by atoms with E-state index < -0.39 is 0 Å². The van der Waals surface area contributed by atoms with Crippen molar-refractivity contribution < 1.29 is 4.79 Å². The molecule has 4 heteroatoms. The molecule has 1 rings (SSSR count). The molecule has 84 valence electrons. The zero-order chi connectivity index (χ0) is 11.1. The van der Waals surface area contributed by atoms with Crippen LogP contribution in [-0.2, 0) is 18.3 Å². The fraction of sp³-hybridized carbons (Fsp3) is 0.636. The lowest BCUT2D eigenvalue weighted by atomic mass is 10.1. The van der Waals surface area contributed by atoms with Crippen LogP contribution in [0.5, 0.6) is 0 Å². The van der Waals surface area contributed by atoms with E-state index in [9.17, 15) is 4.79 Å². The molecule has 4 nitrogen and oxygen atoms in total. The van der Waals surface area contributed by atoms with Crippen LogP contribution < -0.4 is 5.73 Å². The number of ketones is 1. The Morgan fingerprint density at radius 1 is 1.47 bits per heavy atom.